The highest BCUT2D eigenvalue weighted by Crippen LogP contribution is 2.33. The highest BCUT2D eigenvalue weighted by Gasteiger charge is 2.27. The van der Waals surface area contributed by atoms with Crippen molar-refractivity contribution in [2.75, 3.05) is 13.2 Å². The Labute approximate surface area is 123 Å². The number of para-hydroxylation sites is 1. The summed E-state index contributed by atoms with van der Waals surface area (Å²) in [6, 6.07) is 10.7. The van der Waals surface area contributed by atoms with Gasteiger partial charge in [0.05, 0.1) is 0 Å². The second-order valence-corrected chi connectivity index (χ2v) is 5.99. The van der Waals surface area contributed by atoms with Crippen LogP contribution in [0, 0.1) is 11.8 Å². The Bertz CT molecular complexity index is 365. The zero-order valence-corrected chi connectivity index (χ0v) is 13.0. The van der Waals surface area contributed by atoms with Crippen molar-refractivity contribution in [3.63, 3.8) is 0 Å². The van der Waals surface area contributed by atoms with Gasteiger partial charge < -0.3 is 10.1 Å². The fourth-order valence-electron chi connectivity index (χ4n) is 3.40. The molecule has 3 atom stereocenters. The average molecular weight is 275 g/mol. The first kappa shape index (κ1) is 15.4. The summed E-state index contributed by atoms with van der Waals surface area (Å²) in [4.78, 5) is 0. The molecular formula is C18H29NO. The smallest absolute Gasteiger partial charge is 0.119 e. The molecule has 0 amide bonds. The molecule has 1 aromatic rings. The fourth-order valence-corrected chi connectivity index (χ4v) is 3.40. The lowest BCUT2D eigenvalue weighted by Crippen LogP contribution is -2.42. The SMILES string of the molecule is CCNC(COc1ccccc1)C1CCCC(CC)C1. The molecule has 1 aliphatic carbocycles. The van der Waals surface area contributed by atoms with Crippen LogP contribution in [-0.4, -0.2) is 19.2 Å². The van der Waals surface area contributed by atoms with E-state index >= 15 is 0 Å². The highest BCUT2D eigenvalue weighted by molar-refractivity contribution is 5.20. The van der Waals surface area contributed by atoms with Gasteiger partial charge in [0.1, 0.15) is 12.4 Å². The third-order valence-electron chi connectivity index (χ3n) is 4.61. The zero-order chi connectivity index (χ0) is 14.2. The van der Waals surface area contributed by atoms with Gasteiger partial charge in [0.15, 0.2) is 0 Å². The number of hydrogen-bond donors (Lipinski definition) is 1. The Morgan fingerprint density at radius 2 is 2.00 bits per heavy atom. The molecule has 0 saturated heterocycles. The molecule has 1 N–H and O–H groups in total. The minimum absolute atomic E-state index is 0.495. The number of likely N-dealkylation sites (N-methyl/N-ethyl adjacent to an activating group) is 1. The average Bonchev–Trinajstić information content (AvgIpc) is 2.52. The zero-order valence-electron chi connectivity index (χ0n) is 13.0. The summed E-state index contributed by atoms with van der Waals surface area (Å²) in [7, 11) is 0. The first-order valence-corrected chi connectivity index (χ1v) is 8.24. The molecular weight excluding hydrogens is 246 g/mol. The lowest BCUT2D eigenvalue weighted by atomic mass is 9.77. The Hall–Kier alpha value is -1.02. The summed E-state index contributed by atoms with van der Waals surface area (Å²) in [5, 5.41) is 3.64. The fraction of sp³-hybridized carbons (Fsp3) is 0.667. The Balaban J connectivity index is 1.89. The highest BCUT2D eigenvalue weighted by atomic mass is 16.5. The predicted molar refractivity (Wildman–Crippen MR) is 85.1 cm³/mol. The lowest BCUT2D eigenvalue weighted by Gasteiger charge is -2.34. The van der Waals surface area contributed by atoms with E-state index in [4.69, 9.17) is 4.74 Å². The maximum Gasteiger partial charge on any atom is 0.119 e. The number of ether oxygens (including phenoxy) is 1. The van der Waals surface area contributed by atoms with Crippen LogP contribution in [0.4, 0.5) is 0 Å². The van der Waals surface area contributed by atoms with E-state index in [2.05, 4.69) is 19.2 Å². The van der Waals surface area contributed by atoms with Gasteiger partial charge in [-0.3, -0.25) is 0 Å². The van der Waals surface area contributed by atoms with Gasteiger partial charge in [0, 0.05) is 6.04 Å². The number of hydrogen-bond acceptors (Lipinski definition) is 2. The predicted octanol–water partition coefficient (Wildman–Crippen LogP) is 4.26. The first-order chi connectivity index (χ1) is 9.83. The third kappa shape index (κ3) is 4.52. The summed E-state index contributed by atoms with van der Waals surface area (Å²) in [6.45, 7) is 6.33. The molecule has 112 valence electrons. The van der Waals surface area contributed by atoms with Crippen molar-refractivity contribution >= 4 is 0 Å². The molecule has 2 nitrogen and oxygen atoms in total. The van der Waals surface area contributed by atoms with Gasteiger partial charge in [-0.25, -0.2) is 0 Å². The Kier molecular flexibility index (Phi) is 6.38. The lowest BCUT2D eigenvalue weighted by molar-refractivity contribution is 0.159. The van der Waals surface area contributed by atoms with Gasteiger partial charge in [-0.05, 0) is 43.4 Å². The molecule has 0 bridgehead atoms. The standard InChI is InChI=1S/C18H29NO/c1-3-15-9-8-10-16(13-15)18(19-4-2)14-20-17-11-6-5-7-12-17/h5-7,11-12,15-16,18-19H,3-4,8-10,13-14H2,1-2H3. The summed E-state index contributed by atoms with van der Waals surface area (Å²) in [6.07, 6.45) is 6.86. The summed E-state index contributed by atoms with van der Waals surface area (Å²) < 4.78 is 5.98. The van der Waals surface area contributed by atoms with Crippen molar-refractivity contribution in [3.8, 4) is 5.75 Å². The van der Waals surface area contributed by atoms with Crippen LogP contribution >= 0.6 is 0 Å². The molecule has 2 rings (SSSR count). The van der Waals surface area contributed by atoms with Crippen LogP contribution in [0.15, 0.2) is 30.3 Å². The number of nitrogens with one attached hydrogen (secondary N) is 1. The largest absolute Gasteiger partial charge is 0.492 e. The van der Waals surface area contributed by atoms with E-state index < -0.39 is 0 Å². The molecule has 1 fully saturated rings. The minimum atomic E-state index is 0.495. The summed E-state index contributed by atoms with van der Waals surface area (Å²) in [5.74, 6) is 2.68. The van der Waals surface area contributed by atoms with Crippen molar-refractivity contribution in [1.29, 1.82) is 0 Å². The van der Waals surface area contributed by atoms with Gasteiger partial charge in [-0.1, -0.05) is 51.3 Å². The second-order valence-electron chi connectivity index (χ2n) is 5.99. The maximum absolute atomic E-state index is 5.98. The van der Waals surface area contributed by atoms with E-state index in [0.29, 0.717) is 6.04 Å². The quantitative estimate of drug-likeness (QED) is 0.803. The number of benzene rings is 1. The van der Waals surface area contributed by atoms with Crippen molar-refractivity contribution in [2.45, 2.75) is 52.0 Å². The van der Waals surface area contributed by atoms with Crippen LogP contribution in [0.2, 0.25) is 0 Å². The molecule has 0 radical (unpaired) electrons. The van der Waals surface area contributed by atoms with Crippen LogP contribution in [-0.2, 0) is 0 Å². The molecule has 1 saturated carbocycles. The van der Waals surface area contributed by atoms with Gasteiger partial charge in [0.25, 0.3) is 0 Å². The van der Waals surface area contributed by atoms with Gasteiger partial charge in [-0.2, -0.15) is 0 Å². The van der Waals surface area contributed by atoms with Crippen LogP contribution in [0.25, 0.3) is 0 Å². The van der Waals surface area contributed by atoms with Crippen molar-refractivity contribution < 1.29 is 4.74 Å². The number of rotatable bonds is 7. The van der Waals surface area contributed by atoms with E-state index in [9.17, 15) is 0 Å². The van der Waals surface area contributed by atoms with Crippen molar-refractivity contribution in [3.05, 3.63) is 30.3 Å². The van der Waals surface area contributed by atoms with E-state index in [1.807, 2.05) is 30.3 Å². The maximum atomic E-state index is 5.98. The van der Waals surface area contributed by atoms with Crippen LogP contribution in [0.3, 0.4) is 0 Å². The second kappa shape index (κ2) is 8.31. The van der Waals surface area contributed by atoms with E-state index in [-0.39, 0.29) is 0 Å². The van der Waals surface area contributed by atoms with E-state index in [1.165, 1.54) is 32.1 Å². The Morgan fingerprint density at radius 1 is 1.20 bits per heavy atom. The molecule has 0 heterocycles. The molecule has 2 heteroatoms. The van der Waals surface area contributed by atoms with Crippen molar-refractivity contribution in [2.24, 2.45) is 11.8 Å². The van der Waals surface area contributed by atoms with Crippen LogP contribution < -0.4 is 10.1 Å². The molecule has 20 heavy (non-hydrogen) atoms. The van der Waals surface area contributed by atoms with Gasteiger partial charge in [-0.15, -0.1) is 0 Å². The van der Waals surface area contributed by atoms with E-state index in [1.54, 1.807) is 0 Å². The molecule has 0 aromatic heterocycles. The molecule has 0 aliphatic heterocycles. The van der Waals surface area contributed by atoms with E-state index in [0.717, 1.165) is 30.7 Å². The van der Waals surface area contributed by atoms with Crippen molar-refractivity contribution in [1.82, 2.24) is 5.32 Å². The third-order valence-corrected chi connectivity index (χ3v) is 4.61. The topological polar surface area (TPSA) is 21.3 Å². The van der Waals surface area contributed by atoms with Gasteiger partial charge in [0.2, 0.25) is 0 Å². The Morgan fingerprint density at radius 3 is 2.70 bits per heavy atom. The first-order valence-electron chi connectivity index (χ1n) is 8.24. The van der Waals surface area contributed by atoms with Crippen LogP contribution in [0.1, 0.15) is 46.0 Å². The molecule has 0 spiro atoms. The minimum Gasteiger partial charge on any atom is -0.492 e. The summed E-state index contributed by atoms with van der Waals surface area (Å²) in [5.41, 5.74) is 0. The molecule has 1 aromatic carbocycles. The molecule has 3 unspecified atom stereocenters. The monoisotopic (exact) mass is 275 g/mol. The molecule has 1 aliphatic rings. The summed E-state index contributed by atoms with van der Waals surface area (Å²) >= 11 is 0. The van der Waals surface area contributed by atoms with Crippen LogP contribution in [0.5, 0.6) is 5.75 Å². The normalized spacial score (nSPS) is 24.3. The van der Waals surface area contributed by atoms with Gasteiger partial charge >= 0.3 is 0 Å².